The van der Waals surface area contributed by atoms with Gasteiger partial charge >= 0.3 is 11.2 Å². The molecule has 0 radical (unpaired) electrons. The van der Waals surface area contributed by atoms with Crippen LogP contribution < -0.4 is 0 Å². The van der Waals surface area contributed by atoms with Gasteiger partial charge in [0.25, 0.3) is 0 Å². The number of halogens is 2. The van der Waals surface area contributed by atoms with Gasteiger partial charge in [0.05, 0.1) is 5.60 Å². The van der Waals surface area contributed by atoms with Crippen molar-refractivity contribution in [3.8, 4) is 0 Å². The summed E-state index contributed by atoms with van der Waals surface area (Å²) in [5, 5.41) is 6.07. The van der Waals surface area contributed by atoms with Crippen LogP contribution >= 0.6 is 0 Å². The number of ether oxygens (including phenoxy) is 1. The maximum Gasteiger partial charge on any atom is 0.428 e. The Bertz CT molecular complexity index is 671. The van der Waals surface area contributed by atoms with Gasteiger partial charge in [0.1, 0.15) is 6.10 Å². The van der Waals surface area contributed by atoms with Gasteiger partial charge in [-0.25, -0.2) is 13.2 Å². The fourth-order valence-corrected chi connectivity index (χ4v) is 6.29. The van der Waals surface area contributed by atoms with Gasteiger partial charge in [-0.3, -0.25) is 0 Å². The molecule has 2 unspecified atom stereocenters. The van der Waals surface area contributed by atoms with Crippen LogP contribution in [0.15, 0.2) is 0 Å². The highest BCUT2D eigenvalue weighted by Gasteiger charge is 2.63. The highest BCUT2D eigenvalue weighted by Crippen LogP contribution is 2.65. The lowest BCUT2D eigenvalue weighted by atomic mass is 9.44. The zero-order chi connectivity index (χ0) is 19.5. The third-order valence-corrected chi connectivity index (χ3v) is 7.93. The molecule has 2 atom stereocenters. The van der Waals surface area contributed by atoms with E-state index in [2.05, 4.69) is 0 Å². The van der Waals surface area contributed by atoms with E-state index < -0.39 is 33.0 Å². The number of hydrogen-bond donors (Lipinski definition) is 1. The van der Waals surface area contributed by atoms with Crippen molar-refractivity contribution in [1.82, 2.24) is 0 Å². The number of alkyl halides is 2. The second kappa shape index (κ2) is 6.10. The van der Waals surface area contributed by atoms with E-state index in [0.717, 1.165) is 6.42 Å². The molecule has 0 aromatic carbocycles. The fourth-order valence-electron chi connectivity index (χ4n) is 6.03. The molecular weight excluding hydrogens is 370 g/mol. The molecule has 0 spiro atoms. The van der Waals surface area contributed by atoms with Crippen LogP contribution in [0.2, 0.25) is 0 Å². The van der Waals surface area contributed by atoms with Crippen LogP contribution in [0, 0.1) is 23.2 Å². The lowest BCUT2D eigenvalue weighted by Crippen LogP contribution is -2.62. The van der Waals surface area contributed by atoms with Gasteiger partial charge in [0, 0.05) is 5.41 Å². The fraction of sp³-hybridized carbons (Fsp3) is 0.941. The molecule has 4 aliphatic rings. The first kappa shape index (κ1) is 19.9. The van der Waals surface area contributed by atoms with Crippen molar-refractivity contribution in [3.05, 3.63) is 0 Å². The number of aliphatic hydroxyl groups is 1. The first-order valence-corrected chi connectivity index (χ1v) is 10.6. The summed E-state index contributed by atoms with van der Waals surface area (Å²) < 4.78 is 63.9. The molecule has 4 bridgehead atoms. The molecular formula is C17H25F2O6S-. The molecule has 4 rings (SSSR count). The molecule has 4 fully saturated rings. The first-order chi connectivity index (χ1) is 11.9. The summed E-state index contributed by atoms with van der Waals surface area (Å²) >= 11 is 0. The van der Waals surface area contributed by atoms with Crippen LogP contribution in [0.1, 0.15) is 58.8 Å². The lowest BCUT2D eigenvalue weighted by Gasteiger charge is -2.64. The summed E-state index contributed by atoms with van der Waals surface area (Å²) in [4.78, 5) is 11.7. The number of carbonyl (C=O) groups excluding carboxylic acids is 1. The van der Waals surface area contributed by atoms with Crippen molar-refractivity contribution in [1.29, 1.82) is 0 Å². The second-order valence-electron chi connectivity index (χ2n) is 8.33. The lowest BCUT2D eigenvalue weighted by molar-refractivity contribution is -0.228. The van der Waals surface area contributed by atoms with Crippen LogP contribution in [-0.4, -0.2) is 41.0 Å². The molecule has 26 heavy (non-hydrogen) atoms. The van der Waals surface area contributed by atoms with Gasteiger partial charge in [-0.1, -0.05) is 13.8 Å². The Morgan fingerprint density at radius 2 is 1.69 bits per heavy atom. The van der Waals surface area contributed by atoms with E-state index in [0.29, 0.717) is 44.4 Å². The maximum atomic E-state index is 13.5. The third-order valence-electron chi connectivity index (χ3n) is 7.14. The molecule has 0 amide bonds. The van der Waals surface area contributed by atoms with E-state index in [1.165, 1.54) is 0 Å². The van der Waals surface area contributed by atoms with Gasteiger partial charge in [-0.2, -0.15) is 8.78 Å². The van der Waals surface area contributed by atoms with Crippen molar-refractivity contribution < 1.29 is 36.4 Å². The Kier molecular flexibility index (Phi) is 4.68. The van der Waals surface area contributed by atoms with Gasteiger partial charge in [0.2, 0.25) is 0 Å². The molecule has 4 saturated carbocycles. The van der Waals surface area contributed by atoms with E-state index >= 15 is 0 Å². The van der Waals surface area contributed by atoms with Crippen LogP contribution in [0.25, 0.3) is 0 Å². The van der Waals surface area contributed by atoms with E-state index in [1.807, 2.05) is 13.8 Å². The van der Waals surface area contributed by atoms with E-state index in [1.54, 1.807) is 0 Å². The Hall–Kier alpha value is -0.800. The average molecular weight is 395 g/mol. The third kappa shape index (κ3) is 2.77. The van der Waals surface area contributed by atoms with Crippen molar-refractivity contribution in [2.45, 2.75) is 75.8 Å². The van der Waals surface area contributed by atoms with Gasteiger partial charge in [0.15, 0.2) is 10.1 Å². The number of hydrogen-bond acceptors (Lipinski definition) is 6. The monoisotopic (exact) mass is 395 g/mol. The zero-order valence-electron chi connectivity index (χ0n) is 14.9. The van der Waals surface area contributed by atoms with E-state index in [-0.39, 0.29) is 17.3 Å². The van der Waals surface area contributed by atoms with E-state index in [4.69, 9.17) is 4.74 Å². The second-order valence-corrected chi connectivity index (χ2v) is 9.75. The summed E-state index contributed by atoms with van der Waals surface area (Å²) in [6.45, 7) is 3.86. The predicted octanol–water partition coefficient (Wildman–Crippen LogP) is 2.41. The average Bonchev–Trinajstić information content (AvgIpc) is 2.55. The standard InChI is InChI=1S/C17H26F2O6S/c1-3-16(21,4-2)15-7-10-5-11(8-15)13(12(6-10)9-15)25-14(20)17(18,19)26(22,23)24/h10-13,21H,3-9H2,1-2H3,(H,22,23,24)/p-1. The molecule has 0 aromatic rings. The SMILES string of the molecule is CCC(O)(CC)C12CC3CC(C1)C(OC(=O)C(F)(F)S(=O)(=O)[O-])C(C3)C2. The minimum atomic E-state index is -6.12. The summed E-state index contributed by atoms with van der Waals surface area (Å²) in [5.41, 5.74) is -1.16. The van der Waals surface area contributed by atoms with Crippen LogP contribution in [0.3, 0.4) is 0 Å². The minimum Gasteiger partial charge on any atom is -0.743 e. The van der Waals surface area contributed by atoms with Gasteiger partial charge < -0.3 is 14.4 Å². The smallest absolute Gasteiger partial charge is 0.428 e. The maximum absolute atomic E-state index is 13.5. The Morgan fingerprint density at radius 1 is 1.19 bits per heavy atom. The summed E-state index contributed by atoms with van der Waals surface area (Å²) in [7, 11) is -6.12. The van der Waals surface area contributed by atoms with Gasteiger partial charge in [-0.05, 0) is 62.7 Å². The number of esters is 1. The topological polar surface area (TPSA) is 104 Å². The van der Waals surface area contributed by atoms with Crippen LogP contribution in [-0.2, 0) is 19.6 Å². The zero-order valence-corrected chi connectivity index (χ0v) is 15.7. The quantitative estimate of drug-likeness (QED) is 0.547. The highest BCUT2D eigenvalue weighted by molar-refractivity contribution is 7.87. The predicted molar refractivity (Wildman–Crippen MR) is 86.0 cm³/mol. The van der Waals surface area contributed by atoms with Crippen molar-refractivity contribution in [2.24, 2.45) is 23.2 Å². The largest absolute Gasteiger partial charge is 0.743 e. The Balaban J connectivity index is 1.82. The molecule has 9 heteroatoms. The molecule has 0 aliphatic heterocycles. The van der Waals surface area contributed by atoms with Gasteiger partial charge in [-0.15, -0.1) is 0 Å². The molecule has 0 saturated heterocycles. The molecule has 1 N–H and O–H groups in total. The molecule has 0 aromatic heterocycles. The Labute approximate surface area is 152 Å². The summed E-state index contributed by atoms with van der Waals surface area (Å²) in [6.07, 6.45) is 3.77. The molecule has 6 nitrogen and oxygen atoms in total. The number of rotatable bonds is 6. The Morgan fingerprint density at radius 3 is 2.12 bits per heavy atom. The van der Waals surface area contributed by atoms with Crippen molar-refractivity contribution in [3.63, 3.8) is 0 Å². The first-order valence-electron chi connectivity index (χ1n) is 9.16. The summed E-state index contributed by atoms with van der Waals surface area (Å²) in [6, 6.07) is 0. The van der Waals surface area contributed by atoms with Crippen molar-refractivity contribution in [2.75, 3.05) is 0 Å². The minimum absolute atomic E-state index is 0.194. The van der Waals surface area contributed by atoms with Crippen molar-refractivity contribution >= 4 is 16.1 Å². The van der Waals surface area contributed by atoms with Crippen LogP contribution in [0.4, 0.5) is 8.78 Å². The normalized spacial score (nSPS) is 37.0. The number of carbonyl (C=O) groups is 1. The highest BCUT2D eigenvalue weighted by atomic mass is 32.2. The molecule has 0 heterocycles. The molecule has 4 aliphatic carbocycles. The summed E-state index contributed by atoms with van der Waals surface area (Å²) in [5.74, 6) is -2.32. The molecule has 150 valence electrons. The van der Waals surface area contributed by atoms with E-state index in [9.17, 15) is 31.7 Å². The van der Waals surface area contributed by atoms with Crippen LogP contribution in [0.5, 0.6) is 0 Å².